The standard InChI is InChI=1S/C39H54ClN3O7S/c1-25-7-5-9-32(38-48-20-30(21-49-38)42(2)3)31-13-10-28(31)19-43-23-39(16-6-8-26-17-29(40)12-14-33(26)39)24-50-35-15-11-27(18-34(35)43)37(44)41-51(45,46)36(25)22-47-4/h11-12,14-15,17-18,25,28,30-32,36,38H,5-10,13,16,19-24H2,1-4H3,(H,41,44)/t25-,28-,30-,31+,32+,36+,38-,39-/m0/s1. The third-order valence-corrected chi connectivity index (χ3v) is 14.7. The van der Waals surface area contributed by atoms with Crippen molar-refractivity contribution in [3.8, 4) is 5.75 Å². The summed E-state index contributed by atoms with van der Waals surface area (Å²) in [6, 6.07) is 11.8. The largest absolute Gasteiger partial charge is 0.490 e. The SMILES string of the molecule is COC[C@@H]1[C@@H](C)CCC[C@@H]([C@H]2OC[C@H](N(C)C)CO2)[C@@H]2CC[C@H]2CN2C[C@@]3(CCCc4cc(Cl)ccc43)COc3ccc(cc32)C(=O)NS1(=O)=O. The highest BCUT2D eigenvalue weighted by Crippen LogP contribution is 2.49. The van der Waals surface area contributed by atoms with Crippen molar-refractivity contribution in [2.24, 2.45) is 23.7 Å². The van der Waals surface area contributed by atoms with Gasteiger partial charge in [-0.3, -0.25) is 4.79 Å². The summed E-state index contributed by atoms with van der Waals surface area (Å²) in [5.41, 5.74) is 3.40. The number of likely N-dealkylation sites (N-methyl/N-ethyl adjacent to an activating group) is 1. The molecule has 3 heterocycles. The number of benzene rings is 2. The fourth-order valence-electron chi connectivity index (χ4n) is 9.38. The topological polar surface area (TPSA) is 107 Å². The first kappa shape index (κ1) is 36.9. The molecule has 0 unspecified atom stereocenters. The number of aryl methyl sites for hydroxylation is 1. The van der Waals surface area contributed by atoms with Gasteiger partial charge in [0, 0.05) is 42.1 Å². The predicted octanol–water partition coefficient (Wildman–Crippen LogP) is 5.65. The number of halogens is 1. The van der Waals surface area contributed by atoms with Gasteiger partial charge in [-0.05, 0) is 118 Å². The first-order valence-corrected chi connectivity index (χ1v) is 20.7. The number of carbonyl (C=O) groups excluding carboxylic acids is 1. The molecule has 3 aliphatic heterocycles. The Morgan fingerprint density at radius 1 is 1.04 bits per heavy atom. The van der Waals surface area contributed by atoms with Crippen molar-refractivity contribution in [3.63, 3.8) is 0 Å². The van der Waals surface area contributed by atoms with Crippen molar-refractivity contribution in [2.45, 2.75) is 81.3 Å². The number of sulfonamides is 1. The highest BCUT2D eigenvalue weighted by atomic mass is 35.5. The van der Waals surface area contributed by atoms with Crippen LogP contribution in [-0.4, -0.2) is 97.5 Å². The lowest BCUT2D eigenvalue weighted by Crippen LogP contribution is -2.52. The predicted molar refractivity (Wildman–Crippen MR) is 198 cm³/mol. The molecule has 5 aliphatic rings. The van der Waals surface area contributed by atoms with E-state index >= 15 is 0 Å². The summed E-state index contributed by atoms with van der Waals surface area (Å²) in [7, 11) is 1.56. The number of nitrogens with one attached hydrogen (secondary N) is 1. The Kier molecular flexibility index (Phi) is 11.0. The average Bonchev–Trinajstić information content (AvgIpc) is 3.24. The van der Waals surface area contributed by atoms with Gasteiger partial charge in [0.25, 0.3) is 5.91 Å². The van der Waals surface area contributed by atoms with Crippen LogP contribution in [0.5, 0.6) is 5.75 Å². The molecular weight excluding hydrogens is 690 g/mol. The molecule has 10 nitrogen and oxygen atoms in total. The van der Waals surface area contributed by atoms with Crippen molar-refractivity contribution >= 4 is 33.2 Å². The van der Waals surface area contributed by atoms with E-state index in [0.717, 1.165) is 68.7 Å². The number of rotatable bonds is 4. The summed E-state index contributed by atoms with van der Waals surface area (Å²) in [4.78, 5) is 18.3. The van der Waals surface area contributed by atoms with E-state index in [4.69, 9.17) is 30.5 Å². The maximum absolute atomic E-state index is 13.8. The Morgan fingerprint density at radius 2 is 1.84 bits per heavy atom. The van der Waals surface area contributed by atoms with Gasteiger partial charge in [0.2, 0.25) is 10.0 Å². The Bertz CT molecular complexity index is 1680. The lowest BCUT2D eigenvalue weighted by Gasteiger charge is -2.49. The van der Waals surface area contributed by atoms with E-state index in [2.05, 4.69) is 40.7 Å². The van der Waals surface area contributed by atoms with E-state index in [1.54, 1.807) is 6.07 Å². The van der Waals surface area contributed by atoms with Crippen LogP contribution in [0.2, 0.25) is 5.02 Å². The van der Waals surface area contributed by atoms with E-state index in [9.17, 15) is 13.2 Å². The van der Waals surface area contributed by atoms with Crippen LogP contribution in [-0.2, 0) is 36.1 Å². The molecule has 2 aromatic carbocycles. The van der Waals surface area contributed by atoms with Crippen LogP contribution in [0, 0.1) is 23.7 Å². The number of hydrogen-bond acceptors (Lipinski definition) is 9. The number of amides is 1. The van der Waals surface area contributed by atoms with Gasteiger partial charge >= 0.3 is 0 Å². The summed E-state index contributed by atoms with van der Waals surface area (Å²) in [6.07, 6.45) is 7.26. The Labute approximate surface area is 308 Å². The van der Waals surface area contributed by atoms with Crippen LogP contribution in [0.15, 0.2) is 36.4 Å². The minimum Gasteiger partial charge on any atom is -0.490 e. The quantitative estimate of drug-likeness (QED) is 0.425. The molecule has 280 valence electrons. The molecule has 2 aromatic rings. The maximum atomic E-state index is 13.8. The zero-order valence-corrected chi connectivity index (χ0v) is 32.0. The lowest BCUT2D eigenvalue weighted by molar-refractivity contribution is -0.240. The third kappa shape index (κ3) is 7.53. The van der Waals surface area contributed by atoms with Gasteiger partial charge in [0.05, 0.1) is 38.2 Å². The van der Waals surface area contributed by atoms with Crippen LogP contribution in [0.1, 0.15) is 73.4 Å². The number of carbonyl (C=O) groups is 1. The zero-order chi connectivity index (χ0) is 35.9. The molecule has 1 N–H and O–H groups in total. The zero-order valence-electron chi connectivity index (χ0n) is 30.4. The molecule has 1 spiro atoms. The van der Waals surface area contributed by atoms with Gasteiger partial charge < -0.3 is 28.7 Å². The molecular formula is C39H54ClN3O7S. The van der Waals surface area contributed by atoms with Gasteiger partial charge in [-0.1, -0.05) is 31.0 Å². The molecule has 0 aromatic heterocycles. The van der Waals surface area contributed by atoms with Crippen LogP contribution < -0.4 is 14.4 Å². The fraction of sp³-hybridized carbons (Fsp3) is 0.667. The van der Waals surface area contributed by atoms with Gasteiger partial charge in [-0.2, -0.15) is 0 Å². The minimum atomic E-state index is -4.05. The van der Waals surface area contributed by atoms with E-state index in [1.165, 1.54) is 18.2 Å². The molecule has 1 amide bonds. The third-order valence-electron chi connectivity index (χ3n) is 12.6. The Morgan fingerprint density at radius 3 is 2.57 bits per heavy atom. The highest BCUT2D eigenvalue weighted by molar-refractivity contribution is 7.90. The normalized spacial score (nSPS) is 34.0. The molecule has 51 heavy (non-hydrogen) atoms. The smallest absolute Gasteiger partial charge is 0.264 e. The van der Waals surface area contributed by atoms with Gasteiger partial charge in [0.15, 0.2) is 6.29 Å². The summed E-state index contributed by atoms with van der Waals surface area (Å²) in [5.74, 6) is 0.812. The molecule has 2 fully saturated rings. The van der Waals surface area contributed by atoms with Crippen LogP contribution in [0.25, 0.3) is 0 Å². The fourth-order valence-corrected chi connectivity index (χ4v) is 11.2. The second-order valence-corrected chi connectivity index (χ2v) is 18.3. The molecule has 2 bridgehead atoms. The van der Waals surface area contributed by atoms with Crippen LogP contribution in [0.3, 0.4) is 0 Å². The van der Waals surface area contributed by atoms with Crippen molar-refractivity contribution in [1.82, 2.24) is 9.62 Å². The Hall–Kier alpha value is -2.41. The second-order valence-electron chi connectivity index (χ2n) is 16.0. The van der Waals surface area contributed by atoms with Crippen LogP contribution in [0.4, 0.5) is 5.69 Å². The van der Waals surface area contributed by atoms with Crippen molar-refractivity contribution < 1.29 is 32.2 Å². The number of ether oxygens (including phenoxy) is 4. The minimum absolute atomic E-state index is 0.000741. The van der Waals surface area contributed by atoms with Crippen molar-refractivity contribution in [3.05, 3.63) is 58.1 Å². The summed E-state index contributed by atoms with van der Waals surface area (Å²) >= 11 is 6.48. The second kappa shape index (κ2) is 15.1. The first-order valence-electron chi connectivity index (χ1n) is 18.7. The van der Waals surface area contributed by atoms with Gasteiger partial charge in [0.1, 0.15) is 11.0 Å². The summed E-state index contributed by atoms with van der Waals surface area (Å²) < 4.78 is 55.1. The molecule has 7 rings (SSSR count). The molecule has 2 aliphatic carbocycles. The number of fused-ring (bicyclic) bond motifs is 4. The Balaban J connectivity index is 1.27. The molecule has 0 radical (unpaired) electrons. The molecule has 6 atom stereocenters. The number of methoxy groups -OCH3 is 1. The molecule has 1 saturated carbocycles. The number of hydrogen-bond donors (Lipinski definition) is 1. The van der Waals surface area contributed by atoms with E-state index in [1.807, 2.05) is 25.1 Å². The maximum Gasteiger partial charge on any atom is 0.264 e. The van der Waals surface area contributed by atoms with Gasteiger partial charge in [-0.15, -0.1) is 0 Å². The summed E-state index contributed by atoms with van der Waals surface area (Å²) in [5, 5.41) is -0.133. The molecule has 1 saturated heterocycles. The van der Waals surface area contributed by atoms with Crippen LogP contribution >= 0.6 is 11.6 Å². The first-order chi connectivity index (χ1) is 24.5. The van der Waals surface area contributed by atoms with E-state index in [0.29, 0.717) is 43.8 Å². The van der Waals surface area contributed by atoms with E-state index in [-0.39, 0.29) is 41.8 Å². The molecule has 12 heteroatoms. The van der Waals surface area contributed by atoms with Crippen molar-refractivity contribution in [1.29, 1.82) is 0 Å². The monoisotopic (exact) mass is 743 g/mol. The van der Waals surface area contributed by atoms with E-state index < -0.39 is 21.2 Å². The average molecular weight is 744 g/mol. The van der Waals surface area contributed by atoms with Gasteiger partial charge in [-0.25, -0.2) is 13.1 Å². The number of anilines is 1. The lowest BCUT2D eigenvalue weighted by atomic mass is 9.64. The number of nitrogens with zero attached hydrogens (tertiary/aromatic N) is 2. The highest BCUT2D eigenvalue weighted by Gasteiger charge is 2.47. The summed E-state index contributed by atoms with van der Waals surface area (Å²) in [6.45, 7) is 5.22. The van der Waals surface area contributed by atoms with Crippen molar-refractivity contribution in [2.75, 3.05) is 65.6 Å².